The number of hydrogen-bond donors (Lipinski definition) is 1. The van der Waals surface area contributed by atoms with E-state index in [0.29, 0.717) is 12.2 Å². The number of nitrogens with zero attached hydrogens (tertiary/aromatic N) is 2. The Morgan fingerprint density at radius 2 is 2.00 bits per heavy atom. The van der Waals surface area contributed by atoms with Crippen LogP contribution >= 0.6 is 0 Å². The van der Waals surface area contributed by atoms with Gasteiger partial charge in [0.2, 0.25) is 0 Å². The number of aryl methyl sites for hydroxylation is 1. The molecule has 18 heavy (non-hydrogen) atoms. The highest BCUT2D eigenvalue weighted by Gasteiger charge is 2.20. The van der Waals surface area contributed by atoms with Crippen LogP contribution in [0.3, 0.4) is 0 Å². The van der Waals surface area contributed by atoms with Crippen LogP contribution in [-0.2, 0) is 13.0 Å². The van der Waals surface area contributed by atoms with Gasteiger partial charge in [-0.1, -0.05) is 6.07 Å². The summed E-state index contributed by atoms with van der Waals surface area (Å²) in [6.07, 6.45) is 3.28. The zero-order valence-corrected chi connectivity index (χ0v) is 9.74. The molecule has 94 valence electrons. The van der Waals surface area contributed by atoms with Gasteiger partial charge < -0.3 is 10.3 Å². The first-order valence-corrected chi connectivity index (χ1v) is 5.91. The Morgan fingerprint density at radius 1 is 1.28 bits per heavy atom. The number of halogens is 2. The molecule has 0 fully saturated rings. The van der Waals surface area contributed by atoms with Crippen LogP contribution in [0, 0.1) is 11.6 Å². The van der Waals surface area contributed by atoms with Crippen molar-refractivity contribution in [2.45, 2.75) is 25.4 Å². The van der Waals surface area contributed by atoms with Crippen LogP contribution in [0.4, 0.5) is 8.78 Å². The highest BCUT2D eigenvalue weighted by Crippen LogP contribution is 2.26. The molecule has 1 aliphatic heterocycles. The molecular weight excluding hydrogens is 236 g/mol. The van der Waals surface area contributed by atoms with E-state index < -0.39 is 11.6 Å². The maximum absolute atomic E-state index is 13.7. The Kier molecular flexibility index (Phi) is 2.63. The number of aromatic nitrogens is 2. The number of fused-ring (bicyclic) bond motifs is 1. The Labute approximate surface area is 103 Å². The van der Waals surface area contributed by atoms with E-state index in [2.05, 4.69) is 4.98 Å². The molecule has 2 N–H and O–H groups in total. The van der Waals surface area contributed by atoms with Crippen LogP contribution in [0.1, 0.15) is 12.2 Å². The van der Waals surface area contributed by atoms with Gasteiger partial charge in [0, 0.05) is 25.2 Å². The number of imidazole rings is 1. The van der Waals surface area contributed by atoms with Gasteiger partial charge in [-0.3, -0.25) is 0 Å². The van der Waals surface area contributed by atoms with Crippen molar-refractivity contribution in [2.75, 3.05) is 0 Å². The van der Waals surface area contributed by atoms with Crippen LogP contribution in [0.15, 0.2) is 24.4 Å². The minimum Gasteiger partial charge on any atom is -0.333 e. The third-order valence-corrected chi connectivity index (χ3v) is 3.25. The Bertz CT molecular complexity index is 572. The fraction of sp³-hybridized carbons (Fsp3) is 0.308. The first-order chi connectivity index (χ1) is 8.65. The lowest BCUT2D eigenvalue weighted by atomic mass is 10.1. The van der Waals surface area contributed by atoms with Crippen molar-refractivity contribution < 1.29 is 8.78 Å². The third kappa shape index (κ3) is 1.80. The maximum Gasteiger partial charge on any atom is 0.135 e. The Balaban J connectivity index is 2.08. The lowest BCUT2D eigenvalue weighted by Crippen LogP contribution is -2.31. The quantitative estimate of drug-likeness (QED) is 0.841. The fourth-order valence-electron chi connectivity index (χ4n) is 2.33. The minimum atomic E-state index is -0.588. The molecule has 1 atom stereocenters. The Morgan fingerprint density at radius 3 is 2.72 bits per heavy atom. The maximum atomic E-state index is 13.7. The van der Waals surface area contributed by atoms with Gasteiger partial charge in [0.25, 0.3) is 0 Å². The average molecular weight is 249 g/mol. The largest absolute Gasteiger partial charge is 0.333 e. The molecule has 0 saturated heterocycles. The molecule has 3 nitrogen and oxygen atoms in total. The van der Waals surface area contributed by atoms with Crippen LogP contribution < -0.4 is 5.73 Å². The molecular formula is C13H13F2N3. The van der Waals surface area contributed by atoms with Crippen LogP contribution in [0.25, 0.3) is 11.3 Å². The molecule has 1 aromatic carbocycles. The normalized spacial score (nSPS) is 18.7. The molecule has 0 spiro atoms. The molecule has 3 rings (SSSR count). The van der Waals surface area contributed by atoms with Crippen LogP contribution in [0.5, 0.6) is 0 Å². The van der Waals surface area contributed by atoms with E-state index in [1.54, 1.807) is 6.20 Å². The summed E-state index contributed by atoms with van der Waals surface area (Å²) < 4.78 is 29.2. The summed E-state index contributed by atoms with van der Waals surface area (Å²) >= 11 is 0. The monoisotopic (exact) mass is 249 g/mol. The van der Waals surface area contributed by atoms with Gasteiger partial charge >= 0.3 is 0 Å². The molecule has 1 unspecified atom stereocenters. The summed E-state index contributed by atoms with van der Waals surface area (Å²) in [5, 5.41) is 0. The van der Waals surface area contributed by atoms with Gasteiger partial charge in [0.1, 0.15) is 17.5 Å². The topological polar surface area (TPSA) is 43.8 Å². The number of hydrogen-bond acceptors (Lipinski definition) is 2. The van der Waals surface area contributed by atoms with Crippen LogP contribution in [-0.4, -0.2) is 15.6 Å². The van der Waals surface area contributed by atoms with Gasteiger partial charge in [-0.2, -0.15) is 0 Å². The summed E-state index contributed by atoms with van der Waals surface area (Å²) in [4.78, 5) is 4.30. The Hall–Kier alpha value is -1.75. The van der Waals surface area contributed by atoms with E-state index >= 15 is 0 Å². The van der Waals surface area contributed by atoms with Crippen molar-refractivity contribution in [1.82, 2.24) is 9.55 Å². The van der Waals surface area contributed by atoms with E-state index in [0.717, 1.165) is 18.7 Å². The molecule has 2 heterocycles. The van der Waals surface area contributed by atoms with E-state index in [4.69, 9.17) is 5.73 Å². The van der Waals surface area contributed by atoms with Gasteiger partial charge in [-0.15, -0.1) is 0 Å². The molecule has 2 aromatic rings. The molecule has 1 aliphatic rings. The molecule has 0 radical (unpaired) electrons. The fourth-order valence-corrected chi connectivity index (χ4v) is 2.33. The SMILES string of the molecule is NC1CCc2nc(-c3c(F)cccc3F)cn2C1. The van der Waals surface area contributed by atoms with E-state index in [9.17, 15) is 8.78 Å². The van der Waals surface area contributed by atoms with E-state index in [1.165, 1.54) is 18.2 Å². The zero-order chi connectivity index (χ0) is 12.7. The molecule has 0 bridgehead atoms. The van der Waals surface area contributed by atoms with Crippen molar-refractivity contribution in [3.63, 3.8) is 0 Å². The summed E-state index contributed by atoms with van der Waals surface area (Å²) in [5.41, 5.74) is 6.14. The summed E-state index contributed by atoms with van der Waals surface area (Å²) in [7, 11) is 0. The van der Waals surface area contributed by atoms with Crippen molar-refractivity contribution in [3.8, 4) is 11.3 Å². The van der Waals surface area contributed by atoms with Gasteiger partial charge in [0.05, 0.1) is 11.3 Å². The molecule has 5 heteroatoms. The lowest BCUT2D eigenvalue weighted by molar-refractivity contribution is 0.453. The second kappa shape index (κ2) is 4.17. The number of nitrogens with two attached hydrogens (primary N) is 1. The summed E-state index contributed by atoms with van der Waals surface area (Å²) in [5.74, 6) is -0.334. The van der Waals surface area contributed by atoms with Crippen LogP contribution in [0.2, 0.25) is 0 Å². The first kappa shape index (κ1) is 11.3. The second-order valence-corrected chi connectivity index (χ2v) is 4.59. The van der Waals surface area contributed by atoms with Gasteiger partial charge in [-0.05, 0) is 18.6 Å². The highest BCUT2D eigenvalue weighted by atomic mass is 19.1. The zero-order valence-electron chi connectivity index (χ0n) is 9.74. The standard InChI is InChI=1S/C13H13F2N3/c14-9-2-1-3-10(15)13(9)11-7-18-6-8(16)4-5-12(18)17-11/h1-3,7-8H,4-6,16H2. The van der Waals surface area contributed by atoms with Crippen molar-refractivity contribution in [3.05, 3.63) is 41.9 Å². The molecule has 1 aromatic heterocycles. The lowest BCUT2D eigenvalue weighted by Gasteiger charge is -2.19. The van der Waals surface area contributed by atoms with E-state index in [1.807, 2.05) is 4.57 Å². The predicted octanol–water partition coefficient (Wildman–Crippen LogP) is 2.10. The average Bonchev–Trinajstić information content (AvgIpc) is 2.71. The number of rotatable bonds is 1. The minimum absolute atomic E-state index is 0.0621. The number of benzene rings is 1. The van der Waals surface area contributed by atoms with Gasteiger partial charge in [-0.25, -0.2) is 13.8 Å². The first-order valence-electron chi connectivity index (χ1n) is 5.91. The second-order valence-electron chi connectivity index (χ2n) is 4.59. The molecule has 0 saturated carbocycles. The van der Waals surface area contributed by atoms with Crippen molar-refractivity contribution in [2.24, 2.45) is 5.73 Å². The smallest absolute Gasteiger partial charge is 0.135 e. The summed E-state index contributed by atoms with van der Waals surface area (Å²) in [6.45, 7) is 0.651. The molecule has 0 aliphatic carbocycles. The van der Waals surface area contributed by atoms with Crippen molar-refractivity contribution >= 4 is 0 Å². The van der Waals surface area contributed by atoms with Gasteiger partial charge in [0.15, 0.2) is 0 Å². The summed E-state index contributed by atoms with van der Waals surface area (Å²) in [6, 6.07) is 3.91. The highest BCUT2D eigenvalue weighted by molar-refractivity contribution is 5.60. The predicted molar refractivity (Wildman–Crippen MR) is 63.9 cm³/mol. The molecule has 0 amide bonds. The van der Waals surface area contributed by atoms with Crippen molar-refractivity contribution in [1.29, 1.82) is 0 Å². The van der Waals surface area contributed by atoms with E-state index in [-0.39, 0.29) is 11.6 Å². The third-order valence-electron chi connectivity index (χ3n) is 3.25.